The molecule has 0 aliphatic rings. The minimum absolute atomic E-state index is 0.0405. The number of carbonyl (C=O) groups excluding carboxylic acids is 4. The van der Waals surface area contributed by atoms with Gasteiger partial charge in [0, 0.05) is 18.4 Å². The van der Waals surface area contributed by atoms with E-state index in [0.717, 1.165) is 5.56 Å². The van der Waals surface area contributed by atoms with Crippen LogP contribution in [0.3, 0.4) is 0 Å². The second-order valence-electron chi connectivity index (χ2n) is 14.4. The molecule has 4 amide bonds. The predicted molar refractivity (Wildman–Crippen MR) is 210 cm³/mol. The highest BCUT2D eigenvalue weighted by Gasteiger charge is 2.33. The number of phenolic OH excluding ortho intramolecular Hbond substituents is 2. The van der Waals surface area contributed by atoms with Crippen LogP contribution in [0.5, 0.6) is 11.5 Å². The molecule has 4 aromatic rings. The average Bonchev–Trinajstić information content (AvgIpc) is 3.19. The van der Waals surface area contributed by atoms with Crippen LogP contribution in [-0.4, -0.2) is 79.6 Å². The van der Waals surface area contributed by atoms with E-state index in [1.165, 1.54) is 24.3 Å². The monoisotopic (exact) mass is 784 g/mol. The third-order valence-electron chi connectivity index (χ3n) is 9.07. The number of aromatic nitrogens is 2. The summed E-state index contributed by atoms with van der Waals surface area (Å²) in [6.45, 7) is 6.85. The Bertz CT molecular complexity index is 1860. The van der Waals surface area contributed by atoms with Crippen LogP contribution in [-0.2, 0) is 45.1 Å². The molecule has 0 unspecified atom stereocenters. The molecule has 4 rings (SSSR count). The number of rotatable bonds is 19. The number of phenols is 2. The van der Waals surface area contributed by atoms with Crippen LogP contribution in [0.15, 0.2) is 97.3 Å². The Morgan fingerprint density at radius 2 is 1.04 bits per heavy atom. The first-order valence-electron chi connectivity index (χ1n) is 18.8. The number of pyridine rings is 2. The number of amides is 4. The minimum Gasteiger partial charge on any atom is -0.508 e. The average molecular weight is 785 g/mol. The zero-order chi connectivity index (χ0) is 41.3. The maximum atomic E-state index is 13.9. The zero-order valence-corrected chi connectivity index (χ0v) is 32.5. The van der Waals surface area contributed by atoms with Gasteiger partial charge in [-0.05, 0) is 90.8 Å². The predicted octanol–water partition coefficient (Wildman–Crippen LogP) is 4.30. The van der Waals surface area contributed by atoms with Gasteiger partial charge in [-0.25, -0.2) is 9.59 Å². The van der Waals surface area contributed by atoms with Gasteiger partial charge in [-0.2, -0.15) is 0 Å². The number of nitrogens with zero attached hydrogens (tertiary/aromatic N) is 2. The molecule has 0 aliphatic carbocycles. The molecule has 0 fully saturated rings. The SMILES string of the molecule is CC(C)[C@H](NC(=O)OCc1ccccn1)C(=O)N[C@@H](Cc1ccc(O)cc1)C[C@H](O)[C@H](Cc1ccc(O)cc1)NC(=O)[C@@H](NC(=O)OCc1ccccn1)C(C)C. The van der Waals surface area contributed by atoms with E-state index >= 15 is 0 Å². The summed E-state index contributed by atoms with van der Waals surface area (Å²) in [7, 11) is 0. The van der Waals surface area contributed by atoms with Crippen LogP contribution in [0.25, 0.3) is 0 Å². The molecule has 15 nitrogen and oxygen atoms in total. The number of carbonyl (C=O) groups is 4. The fourth-order valence-corrected chi connectivity index (χ4v) is 5.95. The number of aromatic hydroxyl groups is 2. The maximum Gasteiger partial charge on any atom is 0.408 e. The molecule has 0 saturated heterocycles. The summed E-state index contributed by atoms with van der Waals surface area (Å²) in [6.07, 6.45) is 0.538. The number of nitrogens with one attached hydrogen (secondary N) is 4. The summed E-state index contributed by atoms with van der Waals surface area (Å²) < 4.78 is 10.6. The number of aliphatic hydroxyl groups excluding tert-OH is 1. The lowest BCUT2D eigenvalue weighted by atomic mass is 9.92. The van der Waals surface area contributed by atoms with Crippen LogP contribution in [0.4, 0.5) is 9.59 Å². The highest BCUT2D eigenvalue weighted by Crippen LogP contribution is 2.19. The molecule has 2 aromatic carbocycles. The quantitative estimate of drug-likeness (QED) is 0.0711. The molecule has 57 heavy (non-hydrogen) atoms. The summed E-state index contributed by atoms with van der Waals surface area (Å²) in [5.41, 5.74) is 2.49. The lowest BCUT2D eigenvalue weighted by Crippen LogP contribution is -2.56. The Kier molecular flexibility index (Phi) is 16.6. The highest BCUT2D eigenvalue weighted by molar-refractivity contribution is 5.87. The van der Waals surface area contributed by atoms with Gasteiger partial charge >= 0.3 is 12.2 Å². The largest absolute Gasteiger partial charge is 0.508 e. The van der Waals surface area contributed by atoms with Gasteiger partial charge in [0.05, 0.1) is 23.5 Å². The molecule has 5 atom stereocenters. The normalized spacial score (nSPS) is 13.7. The number of aliphatic hydroxyl groups is 1. The Morgan fingerprint density at radius 3 is 1.46 bits per heavy atom. The molecule has 0 aliphatic heterocycles. The van der Waals surface area contributed by atoms with E-state index in [2.05, 4.69) is 31.2 Å². The van der Waals surface area contributed by atoms with Crippen LogP contribution in [0, 0.1) is 11.8 Å². The number of hydrogen-bond acceptors (Lipinski definition) is 11. The summed E-state index contributed by atoms with van der Waals surface area (Å²) in [6, 6.07) is 19.4. The molecular formula is C42H52N6O9. The molecule has 0 saturated carbocycles. The maximum absolute atomic E-state index is 13.9. The van der Waals surface area contributed by atoms with Crippen LogP contribution < -0.4 is 21.3 Å². The number of hydrogen-bond donors (Lipinski definition) is 7. The van der Waals surface area contributed by atoms with Crippen LogP contribution >= 0.6 is 0 Å². The van der Waals surface area contributed by atoms with Crippen molar-refractivity contribution in [2.45, 2.75) is 90.4 Å². The van der Waals surface area contributed by atoms with Crippen molar-refractivity contribution in [3.63, 3.8) is 0 Å². The van der Waals surface area contributed by atoms with Gasteiger partial charge in [0.2, 0.25) is 11.8 Å². The van der Waals surface area contributed by atoms with Gasteiger partial charge in [-0.3, -0.25) is 19.6 Å². The second-order valence-corrected chi connectivity index (χ2v) is 14.4. The fourth-order valence-electron chi connectivity index (χ4n) is 5.95. The van der Waals surface area contributed by atoms with Gasteiger partial charge in [-0.1, -0.05) is 64.1 Å². The number of ether oxygens (including phenoxy) is 2. The van der Waals surface area contributed by atoms with Crippen molar-refractivity contribution in [3.8, 4) is 11.5 Å². The van der Waals surface area contributed by atoms with Gasteiger partial charge in [-0.15, -0.1) is 0 Å². The van der Waals surface area contributed by atoms with E-state index in [1.54, 1.807) is 101 Å². The molecule has 2 aromatic heterocycles. The van der Waals surface area contributed by atoms with E-state index in [9.17, 15) is 34.5 Å². The highest BCUT2D eigenvalue weighted by atomic mass is 16.6. The summed E-state index contributed by atoms with van der Waals surface area (Å²) in [5, 5.41) is 42.8. The second kappa shape index (κ2) is 21.8. The summed E-state index contributed by atoms with van der Waals surface area (Å²) in [5.74, 6) is -1.74. The van der Waals surface area contributed by atoms with Crippen molar-refractivity contribution < 1.29 is 44.0 Å². The van der Waals surface area contributed by atoms with Crippen molar-refractivity contribution in [1.29, 1.82) is 0 Å². The van der Waals surface area contributed by atoms with Crippen LogP contribution in [0.1, 0.15) is 56.6 Å². The summed E-state index contributed by atoms with van der Waals surface area (Å²) >= 11 is 0. The van der Waals surface area contributed by atoms with Crippen molar-refractivity contribution in [3.05, 3.63) is 120 Å². The van der Waals surface area contributed by atoms with Gasteiger partial charge in [0.1, 0.15) is 36.8 Å². The third-order valence-corrected chi connectivity index (χ3v) is 9.07. The van der Waals surface area contributed by atoms with Gasteiger partial charge in [0.15, 0.2) is 0 Å². The molecule has 304 valence electrons. The van der Waals surface area contributed by atoms with Crippen molar-refractivity contribution in [1.82, 2.24) is 31.2 Å². The van der Waals surface area contributed by atoms with Crippen molar-refractivity contribution in [2.24, 2.45) is 11.8 Å². The Morgan fingerprint density at radius 1 is 0.596 bits per heavy atom. The van der Waals surface area contributed by atoms with E-state index in [-0.39, 0.29) is 55.8 Å². The fraction of sp³-hybridized carbons (Fsp3) is 0.381. The zero-order valence-electron chi connectivity index (χ0n) is 32.5. The van der Waals surface area contributed by atoms with Crippen molar-refractivity contribution in [2.75, 3.05) is 0 Å². The van der Waals surface area contributed by atoms with Crippen LogP contribution in [0.2, 0.25) is 0 Å². The molecular weight excluding hydrogens is 732 g/mol. The molecule has 15 heteroatoms. The molecule has 7 N–H and O–H groups in total. The first-order valence-corrected chi connectivity index (χ1v) is 18.8. The molecule has 0 bridgehead atoms. The topological polar surface area (TPSA) is 221 Å². The smallest absolute Gasteiger partial charge is 0.408 e. The lowest BCUT2D eigenvalue weighted by Gasteiger charge is -2.31. The number of benzene rings is 2. The first kappa shape index (κ1) is 43.5. The molecule has 2 heterocycles. The summed E-state index contributed by atoms with van der Waals surface area (Å²) in [4.78, 5) is 61.5. The van der Waals surface area contributed by atoms with Gasteiger partial charge in [0.25, 0.3) is 0 Å². The van der Waals surface area contributed by atoms with E-state index in [0.29, 0.717) is 17.0 Å². The first-order chi connectivity index (χ1) is 27.3. The molecule has 0 spiro atoms. The number of alkyl carbamates (subject to hydrolysis) is 2. The van der Waals surface area contributed by atoms with Crippen molar-refractivity contribution >= 4 is 24.0 Å². The molecule has 0 radical (unpaired) electrons. The Labute approximate surface area is 332 Å². The van der Waals surface area contributed by atoms with E-state index in [4.69, 9.17) is 9.47 Å². The van der Waals surface area contributed by atoms with E-state index in [1.807, 2.05) is 0 Å². The minimum atomic E-state index is -1.26. The van der Waals surface area contributed by atoms with Gasteiger partial charge < -0.3 is 46.1 Å². The lowest BCUT2D eigenvalue weighted by molar-refractivity contribution is -0.127. The standard InChI is InChI=1S/C42H52N6O9/c1-26(2)37(47-41(54)56-24-30-9-5-7-19-43-30)39(52)45-32(21-28-11-15-33(49)16-12-28)23-36(51)35(22-29-13-17-34(50)18-14-29)46-40(53)38(27(3)4)48-42(55)57-25-31-10-6-8-20-44-31/h5-20,26-27,32,35-38,49-51H,21-25H2,1-4H3,(H,45,52)(H,46,53)(H,47,54)(H,48,55)/t32-,35-,36-,37-,38-/m0/s1. The Hall–Kier alpha value is -6.22. The van der Waals surface area contributed by atoms with E-state index < -0.39 is 54.3 Å². The Balaban J connectivity index is 1.52. The third kappa shape index (κ3) is 14.7.